The van der Waals surface area contributed by atoms with E-state index in [1.165, 1.54) is 4.68 Å². The highest BCUT2D eigenvalue weighted by Gasteiger charge is 2.28. The largest absolute Gasteiger partial charge is 0.338 e. The summed E-state index contributed by atoms with van der Waals surface area (Å²) in [5, 5.41) is 4.54. The number of carbonyl (C=O) groups excluding carboxylic acids is 1. The van der Waals surface area contributed by atoms with Crippen LogP contribution in [0, 0.1) is 0 Å². The van der Waals surface area contributed by atoms with Crippen LogP contribution in [-0.4, -0.2) is 33.7 Å². The number of benzene rings is 2. The van der Waals surface area contributed by atoms with E-state index >= 15 is 0 Å². The number of aromatic nitrogens is 2. The number of nitrogens with zero attached hydrogens (tertiary/aromatic N) is 3. The Kier molecular flexibility index (Phi) is 5.06. The molecule has 2 aromatic carbocycles. The van der Waals surface area contributed by atoms with Gasteiger partial charge in [-0.3, -0.25) is 9.59 Å². The summed E-state index contributed by atoms with van der Waals surface area (Å²) in [6, 6.07) is 19.3. The van der Waals surface area contributed by atoms with Gasteiger partial charge in [-0.1, -0.05) is 60.7 Å². The van der Waals surface area contributed by atoms with E-state index in [1.807, 2.05) is 60.7 Å². The zero-order valence-electron chi connectivity index (χ0n) is 16.0. The van der Waals surface area contributed by atoms with Gasteiger partial charge in [0, 0.05) is 31.3 Å². The van der Waals surface area contributed by atoms with E-state index in [0.29, 0.717) is 24.3 Å². The summed E-state index contributed by atoms with van der Waals surface area (Å²) in [5.74, 6) is -0.196. The summed E-state index contributed by atoms with van der Waals surface area (Å²) in [6.45, 7) is 1.39. The molecule has 2 heterocycles. The molecule has 142 valence electrons. The van der Waals surface area contributed by atoms with Gasteiger partial charge in [-0.15, -0.1) is 0 Å². The third kappa shape index (κ3) is 3.36. The highest BCUT2D eigenvalue weighted by Crippen LogP contribution is 2.32. The van der Waals surface area contributed by atoms with Crippen molar-refractivity contribution in [2.24, 2.45) is 7.05 Å². The molecule has 0 radical (unpaired) electrons. The van der Waals surface area contributed by atoms with Crippen LogP contribution in [0.25, 0.3) is 22.4 Å². The van der Waals surface area contributed by atoms with Gasteiger partial charge in [-0.25, -0.2) is 4.68 Å². The van der Waals surface area contributed by atoms with Crippen molar-refractivity contribution in [3.05, 3.63) is 76.6 Å². The third-order valence-electron chi connectivity index (χ3n) is 5.21. The Morgan fingerprint density at radius 3 is 2.04 bits per heavy atom. The Bertz CT molecular complexity index is 1040. The standard InChI is InChI=1S/C23H23N3O2/c1-25-22(27)20(23(28)26-15-9-4-10-16-26)19(17-11-5-2-6-12-17)21(24-25)18-13-7-3-8-14-18/h2-3,5-8,11-14H,4,9-10,15-16H2,1H3. The fraction of sp³-hybridized carbons (Fsp3) is 0.261. The first kappa shape index (κ1) is 18.2. The molecule has 0 atom stereocenters. The molecule has 1 saturated heterocycles. The molecule has 0 saturated carbocycles. The maximum atomic E-state index is 13.4. The highest BCUT2D eigenvalue weighted by atomic mass is 16.2. The molecule has 5 nitrogen and oxygen atoms in total. The predicted molar refractivity (Wildman–Crippen MR) is 110 cm³/mol. The van der Waals surface area contributed by atoms with Gasteiger partial charge in [0.2, 0.25) is 0 Å². The molecule has 4 rings (SSSR count). The van der Waals surface area contributed by atoms with Gasteiger partial charge in [0.15, 0.2) is 0 Å². The molecule has 3 aromatic rings. The van der Waals surface area contributed by atoms with Crippen molar-refractivity contribution in [3.8, 4) is 22.4 Å². The van der Waals surface area contributed by atoms with E-state index in [4.69, 9.17) is 0 Å². The Morgan fingerprint density at radius 1 is 0.857 bits per heavy atom. The molecule has 1 aliphatic heterocycles. The summed E-state index contributed by atoms with van der Waals surface area (Å²) < 4.78 is 1.28. The molecule has 28 heavy (non-hydrogen) atoms. The van der Waals surface area contributed by atoms with Crippen LogP contribution in [0.2, 0.25) is 0 Å². The van der Waals surface area contributed by atoms with Crippen LogP contribution in [0.4, 0.5) is 0 Å². The molecule has 5 heteroatoms. The number of piperidine rings is 1. The zero-order valence-corrected chi connectivity index (χ0v) is 16.0. The van der Waals surface area contributed by atoms with Crippen LogP contribution in [0.5, 0.6) is 0 Å². The fourth-order valence-corrected chi connectivity index (χ4v) is 3.77. The van der Waals surface area contributed by atoms with Crippen LogP contribution in [0.1, 0.15) is 29.6 Å². The second kappa shape index (κ2) is 7.80. The minimum Gasteiger partial charge on any atom is -0.338 e. The first-order valence-corrected chi connectivity index (χ1v) is 9.68. The molecule has 1 aliphatic rings. The summed E-state index contributed by atoms with van der Waals surface area (Å²) in [5.41, 5.74) is 2.83. The molecule has 0 aliphatic carbocycles. The van der Waals surface area contributed by atoms with Gasteiger partial charge in [0.1, 0.15) is 5.56 Å². The minimum absolute atomic E-state index is 0.196. The van der Waals surface area contributed by atoms with E-state index in [-0.39, 0.29) is 17.0 Å². The van der Waals surface area contributed by atoms with E-state index < -0.39 is 0 Å². The average molecular weight is 373 g/mol. The molecule has 1 fully saturated rings. The number of hydrogen-bond donors (Lipinski definition) is 0. The van der Waals surface area contributed by atoms with Crippen LogP contribution in [-0.2, 0) is 7.05 Å². The number of amides is 1. The van der Waals surface area contributed by atoms with Crippen LogP contribution >= 0.6 is 0 Å². The second-order valence-electron chi connectivity index (χ2n) is 7.11. The first-order valence-electron chi connectivity index (χ1n) is 9.68. The normalized spacial score (nSPS) is 14.1. The molecule has 1 aromatic heterocycles. The number of aryl methyl sites for hydroxylation is 1. The average Bonchev–Trinajstić information content (AvgIpc) is 2.76. The molecule has 0 spiro atoms. The summed E-state index contributed by atoms with van der Waals surface area (Å²) in [6.07, 6.45) is 3.08. The van der Waals surface area contributed by atoms with E-state index in [0.717, 1.165) is 30.4 Å². The minimum atomic E-state index is -0.353. The highest BCUT2D eigenvalue weighted by molar-refractivity contribution is 6.03. The quantitative estimate of drug-likeness (QED) is 0.703. The van der Waals surface area contributed by atoms with Crippen LogP contribution in [0.3, 0.4) is 0 Å². The lowest BCUT2D eigenvalue weighted by Crippen LogP contribution is -2.40. The smallest absolute Gasteiger partial charge is 0.280 e. The van der Waals surface area contributed by atoms with Gasteiger partial charge in [-0.05, 0) is 24.8 Å². The lowest BCUT2D eigenvalue weighted by Gasteiger charge is -2.27. The lowest BCUT2D eigenvalue weighted by molar-refractivity contribution is 0.0722. The van der Waals surface area contributed by atoms with Crippen molar-refractivity contribution in [3.63, 3.8) is 0 Å². The Balaban J connectivity index is 1.99. The summed E-state index contributed by atoms with van der Waals surface area (Å²) >= 11 is 0. The number of rotatable bonds is 3. The van der Waals surface area contributed by atoms with Crippen molar-refractivity contribution >= 4 is 5.91 Å². The van der Waals surface area contributed by atoms with E-state index in [9.17, 15) is 9.59 Å². The summed E-state index contributed by atoms with van der Waals surface area (Å²) in [7, 11) is 1.61. The molecule has 0 bridgehead atoms. The van der Waals surface area contributed by atoms with Gasteiger partial charge < -0.3 is 4.90 Å². The third-order valence-corrected chi connectivity index (χ3v) is 5.21. The Labute approximate surface area is 164 Å². The van der Waals surface area contributed by atoms with E-state index in [1.54, 1.807) is 11.9 Å². The van der Waals surface area contributed by atoms with Crippen LogP contribution < -0.4 is 5.56 Å². The molecule has 0 unspecified atom stereocenters. The fourth-order valence-electron chi connectivity index (χ4n) is 3.77. The zero-order chi connectivity index (χ0) is 19.5. The molecule has 0 N–H and O–H groups in total. The summed E-state index contributed by atoms with van der Waals surface area (Å²) in [4.78, 5) is 28.3. The Morgan fingerprint density at radius 2 is 1.43 bits per heavy atom. The van der Waals surface area contributed by atoms with Gasteiger partial charge in [-0.2, -0.15) is 5.10 Å². The number of hydrogen-bond acceptors (Lipinski definition) is 3. The van der Waals surface area contributed by atoms with Crippen molar-refractivity contribution < 1.29 is 4.79 Å². The molecular weight excluding hydrogens is 350 g/mol. The van der Waals surface area contributed by atoms with Crippen LogP contribution in [0.15, 0.2) is 65.5 Å². The maximum absolute atomic E-state index is 13.4. The monoisotopic (exact) mass is 373 g/mol. The van der Waals surface area contributed by atoms with Gasteiger partial charge in [0.05, 0.1) is 5.69 Å². The maximum Gasteiger partial charge on any atom is 0.280 e. The SMILES string of the molecule is Cn1nc(-c2ccccc2)c(-c2ccccc2)c(C(=O)N2CCCCC2)c1=O. The van der Waals surface area contributed by atoms with Gasteiger partial charge in [0.25, 0.3) is 11.5 Å². The van der Waals surface area contributed by atoms with Crippen molar-refractivity contribution in [2.75, 3.05) is 13.1 Å². The van der Waals surface area contributed by atoms with E-state index in [2.05, 4.69) is 5.10 Å². The van der Waals surface area contributed by atoms with Crippen molar-refractivity contribution in [2.45, 2.75) is 19.3 Å². The lowest BCUT2D eigenvalue weighted by atomic mass is 9.94. The first-order chi connectivity index (χ1) is 13.7. The second-order valence-corrected chi connectivity index (χ2v) is 7.11. The number of likely N-dealkylation sites (tertiary alicyclic amines) is 1. The van der Waals surface area contributed by atoms with Gasteiger partial charge >= 0.3 is 0 Å². The number of carbonyl (C=O) groups is 1. The molecular formula is C23H23N3O2. The van der Waals surface area contributed by atoms with Crippen molar-refractivity contribution in [1.82, 2.24) is 14.7 Å². The molecule has 1 amide bonds. The van der Waals surface area contributed by atoms with Crippen molar-refractivity contribution in [1.29, 1.82) is 0 Å². The topological polar surface area (TPSA) is 55.2 Å². The predicted octanol–water partition coefficient (Wildman–Crippen LogP) is 3.74. The Hall–Kier alpha value is -3.21.